The molecule has 1 aromatic rings. The first-order valence-electron chi connectivity index (χ1n) is 9.69. The maximum atomic E-state index is 12.5. The molecule has 0 atom stereocenters. The quantitative estimate of drug-likeness (QED) is 0.719. The number of aromatic nitrogens is 4. The molecule has 8 nitrogen and oxygen atoms in total. The first-order chi connectivity index (χ1) is 12.7. The van der Waals surface area contributed by atoms with Gasteiger partial charge in [-0.15, -0.1) is 5.10 Å². The molecule has 9 heteroatoms. The van der Waals surface area contributed by atoms with E-state index in [1.807, 2.05) is 14.5 Å². The van der Waals surface area contributed by atoms with Crippen LogP contribution in [0.15, 0.2) is 5.16 Å². The van der Waals surface area contributed by atoms with Crippen molar-refractivity contribution in [3.63, 3.8) is 0 Å². The number of tetrazole rings is 1. The van der Waals surface area contributed by atoms with Crippen molar-refractivity contribution < 1.29 is 9.59 Å². The maximum absolute atomic E-state index is 12.5. The zero-order valence-corrected chi connectivity index (χ0v) is 15.9. The number of hydrogen-bond donors (Lipinski definition) is 0. The minimum absolute atomic E-state index is 0.103. The summed E-state index contributed by atoms with van der Waals surface area (Å²) in [5.41, 5.74) is 0. The first-order valence-corrected chi connectivity index (χ1v) is 10.7. The second kappa shape index (κ2) is 7.94. The van der Waals surface area contributed by atoms with Gasteiger partial charge in [-0.2, -0.15) is 0 Å². The standard InChI is InChI=1S/C17H26N6O2S/c24-15(21-8-10-22(11-9-21)16(25)13-6-7-13)12-26-17-18-19-20-23(17)14-4-2-1-3-5-14/h13-14H,1-12H2. The van der Waals surface area contributed by atoms with Crippen LogP contribution in [0, 0.1) is 5.92 Å². The second-order valence-corrected chi connectivity index (χ2v) is 8.41. The Labute approximate surface area is 157 Å². The van der Waals surface area contributed by atoms with E-state index >= 15 is 0 Å². The number of rotatable bonds is 5. The number of hydrogen-bond acceptors (Lipinski definition) is 6. The number of amides is 2. The van der Waals surface area contributed by atoms with Crippen LogP contribution in [0.1, 0.15) is 51.0 Å². The van der Waals surface area contributed by atoms with E-state index in [4.69, 9.17) is 0 Å². The van der Waals surface area contributed by atoms with Gasteiger partial charge in [0, 0.05) is 32.1 Å². The summed E-state index contributed by atoms with van der Waals surface area (Å²) in [7, 11) is 0. The number of carbonyl (C=O) groups is 2. The van der Waals surface area contributed by atoms with Crippen molar-refractivity contribution in [2.24, 2.45) is 5.92 Å². The van der Waals surface area contributed by atoms with Gasteiger partial charge in [0.2, 0.25) is 17.0 Å². The summed E-state index contributed by atoms with van der Waals surface area (Å²) in [5.74, 6) is 0.986. The SMILES string of the molecule is O=C(CSc1nnnn1C1CCCCC1)N1CCN(C(=O)C2CC2)CC1. The number of thioether (sulfide) groups is 1. The summed E-state index contributed by atoms with van der Waals surface area (Å²) in [6.07, 6.45) is 8.02. The summed E-state index contributed by atoms with van der Waals surface area (Å²) >= 11 is 1.43. The lowest BCUT2D eigenvalue weighted by Gasteiger charge is -2.34. The molecular formula is C17H26N6O2S. The van der Waals surface area contributed by atoms with Gasteiger partial charge in [0.15, 0.2) is 0 Å². The molecule has 0 bridgehead atoms. The molecule has 0 spiro atoms. The van der Waals surface area contributed by atoms with Crippen LogP contribution < -0.4 is 0 Å². The number of piperazine rings is 1. The highest BCUT2D eigenvalue weighted by Gasteiger charge is 2.35. The predicted octanol–water partition coefficient (Wildman–Crippen LogP) is 1.35. The Morgan fingerprint density at radius 2 is 1.65 bits per heavy atom. The highest BCUT2D eigenvalue weighted by atomic mass is 32.2. The molecule has 26 heavy (non-hydrogen) atoms. The summed E-state index contributed by atoms with van der Waals surface area (Å²) in [5, 5.41) is 12.8. The Kier molecular flexibility index (Phi) is 5.42. The molecule has 0 unspecified atom stereocenters. The fraction of sp³-hybridized carbons (Fsp3) is 0.824. The van der Waals surface area contributed by atoms with E-state index in [0.717, 1.165) is 30.8 Å². The van der Waals surface area contributed by atoms with Crippen molar-refractivity contribution in [2.75, 3.05) is 31.9 Å². The Bertz CT molecular complexity index is 647. The second-order valence-electron chi connectivity index (χ2n) is 7.47. The monoisotopic (exact) mass is 378 g/mol. The lowest BCUT2D eigenvalue weighted by atomic mass is 9.96. The van der Waals surface area contributed by atoms with Crippen molar-refractivity contribution in [1.29, 1.82) is 0 Å². The van der Waals surface area contributed by atoms with E-state index in [-0.39, 0.29) is 17.7 Å². The molecule has 2 amide bonds. The minimum atomic E-state index is 0.103. The Morgan fingerprint density at radius 3 is 2.35 bits per heavy atom. The highest BCUT2D eigenvalue weighted by Crippen LogP contribution is 2.32. The van der Waals surface area contributed by atoms with Gasteiger partial charge in [0.05, 0.1) is 11.8 Å². The van der Waals surface area contributed by atoms with E-state index < -0.39 is 0 Å². The van der Waals surface area contributed by atoms with Gasteiger partial charge in [-0.05, 0) is 36.1 Å². The third-order valence-electron chi connectivity index (χ3n) is 5.58. The van der Waals surface area contributed by atoms with E-state index in [1.165, 1.54) is 31.0 Å². The Morgan fingerprint density at radius 1 is 0.962 bits per heavy atom. The molecule has 2 heterocycles. The van der Waals surface area contributed by atoms with Gasteiger partial charge < -0.3 is 9.80 Å². The molecule has 142 valence electrons. The van der Waals surface area contributed by atoms with E-state index in [9.17, 15) is 9.59 Å². The van der Waals surface area contributed by atoms with Gasteiger partial charge in [0.1, 0.15) is 0 Å². The fourth-order valence-corrected chi connectivity index (χ4v) is 4.66. The van der Waals surface area contributed by atoms with Crippen molar-refractivity contribution in [2.45, 2.75) is 56.1 Å². The maximum Gasteiger partial charge on any atom is 0.233 e. The normalized spacial score (nSPS) is 21.8. The Balaban J connectivity index is 1.26. The molecule has 1 aromatic heterocycles. The smallest absolute Gasteiger partial charge is 0.233 e. The molecule has 2 saturated carbocycles. The van der Waals surface area contributed by atoms with Crippen LogP contribution in [0.3, 0.4) is 0 Å². The molecule has 0 aromatic carbocycles. The predicted molar refractivity (Wildman–Crippen MR) is 96.5 cm³/mol. The van der Waals surface area contributed by atoms with Gasteiger partial charge in [-0.1, -0.05) is 31.0 Å². The van der Waals surface area contributed by atoms with Crippen molar-refractivity contribution in [3.8, 4) is 0 Å². The molecule has 1 aliphatic heterocycles. The third-order valence-corrected chi connectivity index (χ3v) is 6.50. The summed E-state index contributed by atoms with van der Waals surface area (Å²) in [6, 6.07) is 0.369. The molecule has 4 rings (SSSR count). The average Bonchev–Trinajstić information content (AvgIpc) is 3.44. The lowest BCUT2D eigenvalue weighted by molar-refractivity contribution is -0.139. The zero-order valence-electron chi connectivity index (χ0n) is 15.0. The highest BCUT2D eigenvalue weighted by molar-refractivity contribution is 7.99. The van der Waals surface area contributed by atoms with Crippen molar-refractivity contribution >= 4 is 23.6 Å². The molecule has 3 fully saturated rings. The topological polar surface area (TPSA) is 84.2 Å². The van der Waals surface area contributed by atoms with Gasteiger partial charge in [-0.3, -0.25) is 9.59 Å². The van der Waals surface area contributed by atoms with Crippen molar-refractivity contribution in [1.82, 2.24) is 30.0 Å². The van der Waals surface area contributed by atoms with Crippen molar-refractivity contribution in [3.05, 3.63) is 0 Å². The van der Waals surface area contributed by atoms with Crippen LogP contribution in [-0.2, 0) is 9.59 Å². The minimum Gasteiger partial charge on any atom is -0.339 e. The molecular weight excluding hydrogens is 352 g/mol. The lowest BCUT2D eigenvalue weighted by Crippen LogP contribution is -2.51. The van der Waals surface area contributed by atoms with Crippen LogP contribution in [-0.4, -0.2) is 73.8 Å². The average molecular weight is 379 g/mol. The molecule has 0 N–H and O–H groups in total. The zero-order chi connectivity index (χ0) is 17.9. The van der Waals surface area contributed by atoms with Gasteiger partial charge >= 0.3 is 0 Å². The van der Waals surface area contributed by atoms with E-state index in [2.05, 4.69) is 15.5 Å². The van der Waals surface area contributed by atoms with Gasteiger partial charge in [-0.25, -0.2) is 4.68 Å². The molecule has 1 saturated heterocycles. The largest absolute Gasteiger partial charge is 0.339 e. The van der Waals surface area contributed by atoms with Crippen LogP contribution in [0.2, 0.25) is 0 Å². The number of carbonyl (C=O) groups excluding carboxylic acids is 2. The van der Waals surface area contributed by atoms with Crippen LogP contribution in [0.4, 0.5) is 0 Å². The third kappa shape index (κ3) is 4.02. The van der Waals surface area contributed by atoms with Crippen LogP contribution >= 0.6 is 11.8 Å². The number of nitrogens with zero attached hydrogens (tertiary/aromatic N) is 6. The van der Waals surface area contributed by atoms with E-state index in [1.54, 1.807) is 0 Å². The summed E-state index contributed by atoms with van der Waals surface area (Å²) in [6.45, 7) is 2.58. The Hall–Kier alpha value is -1.64. The van der Waals surface area contributed by atoms with Gasteiger partial charge in [0.25, 0.3) is 0 Å². The van der Waals surface area contributed by atoms with Crippen LogP contribution in [0.5, 0.6) is 0 Å². The fourth-order valence-electron chi connectivity index (χ4n) is 3.82. The van der Waals surface area contributed by atoms with Crippen LogP contribution in [0.25, 0.3) is 0 Å². The summed E-state index contributed by atoms with van der Waals surface area (Å²) < 4.78 is 1.91. The molecule has 0 radical (unpaired) electrons. The van der Waals surface area contributed by atoms with E-state index in [0.29, 0.717) is 38.0 Å². The molecule has 2 aliphatic carbocycles. The first kappa shape index (κ1) is 17.8. The summed E-state index contributed by atoms with van der Waals surface area (Å²) in [4.78, 5) is 28.4. The molecule has 3 aliphatic rings.